The molecule has 13 heavy (non-hydrogen) atoms. The summed E-state index contributed by atoms with van der Waals surface area (Å²) in [6, 6.07) is 0. The highest BCUT2D eigenvalue weighted by Gasteiger charge is 2.18. The Bertz CT molecular complexity index is 273. The zero-order chi connectivity index (χ0) is 9.90. The Kier molecular flexibility index (Phi) is 3.35. The molecule has 1 heterocycles. The van der Waals surface area contributed by atoms with Crippen molar-refractivity contribution in [2.45, 2.75) is 18.9 Å². The van der Waals surface area contributed by atoms with E-state index in [2.05, 4.69) is 25.9 Å². The number of hydrogen-bond donors (Lipinski definition) is 2. The Morgan fingerprint density at radius 3 is 2.54 bits per heavy atom. The molecule has 0 radical (unpaired) electrons. The first-order valence-corrected chi connectivity index (χ1v) is 4.69. The second-order valence-corrected chi connectivity index (χ2v) is 4.22. The van der Waals surface area contributed by atoms with Crippen LogP contribution in [0.1, 0.15) is 12.7 Å². The van der Waals surface area contributed by atoms with Crippen molar-refractivity contribution in [2.75, 3.05) is 6.61 Å². The van der Waals surface area contributed by atoms with Gasteiger partial charge in [0.25, 0.3) is 0 Å². The second kappa shape index (κ2) is 4.13. The first-order valence-electron chi connectivity index (χ1n) is 3.90. The molecule has 0 aliphatic rings. The molecule has 0 spiro atoms. The molecular formula is C8H12BrN3O. The largest absolute Gasteiger partial charge is 0.394 e. The van der Waals surface area contributed by atoms with Crippen LogP contribution in [0.25, 0.3) is 0 Å². The SMILES string of the molecule is CC(N)(CO)Cc1ncc(Br)cn1. The first kappa shape index (κ1) is 10.6. The summed E-state index contributed by atoms with van der Waals surface area (Å²) in [6.45, 7) is 1.69. The lowest BCUT2D eigenvalue weighted by Gasteiger charge is -2.19. The average Bonchev–Trinajstić information content (AvgIpc) is 2.09. The fraction of sp³-hybridized carbons (Fsp3) is 0.500. The number of rotatable bonds is 3. The fourth-order valence-corrected chi connectivity index (χ4v) is 1.05. The van der Waals surface area contributed by atoms with Crippen LogP contribution >= 0.6 is 15.9 Å². The number of halogens is 1. The summed E-state index contributed by atoms with van der Waals surface area (Å²) in [6.07, 6.45) is 3.79. The topological polar surface area (TPSA) is 72.0 Å². The minimum Gasteiger partial charge on any atom is -0.394 e. The van der Waals surface area contributed by atoms with Gasteiger partial charge >= 0.3 is 0 Å². The van der Waals surface area contributed by atoms with Crippen molar-refractivity contribution >= 4 is 15.9 Å². The van der Waals surface area contributed by atoms with Crippen LogP contribution in [0.15, 0.2) is 16.9 Å². The van der Waals surface area contributed by atoms with Crippen molar-refractivity contribution in [3.05, 3.63) is 22.7 Å². The van der Waals surface area contributed by atoms with Crippen molar-refractivity contribution in [1.82, 2.24) is 9.97 Å². The summed E-state index contributed by atoms with van der Waals surface area (Å²) in [7, 11) is 0. The molecule has 1 rings (SSSR count). The molecule has 0 fully saturated rings. The van der Waals surface area contributed by atoms with Gasteiger partial charge in [0.1, 0.15) is 5.82 Å². The van der Waals surface area contributed by atoms with Gasteiger partial charge in [-0.25, -0.2) is 9.97 Å². The van der Waals surface area contributed by atoms with E-state index >= 15 is 0 Å². The molecule has 0 aliphatic carbocycles. The molecule has 0 aliphatic heterocycles. The van der Waals surface area contributed by atoms with Crippen LogP contribution in [-0.4, -0.2) is 27.2 Å². The maximum atomic E-state index is 8.92. The highest BCUT2D eigenvalue weighted by molar-refractivity contribution is 9.10. The standard InChI is InChI=1S/C8H12BrN3O/c1-8(10,5-13)2-7-11-3-6(9)4-12-7/h3-4,13H,2,5,10H2,1H3. The third kappa shape index (κ3) is 3.38. The first-order chi connectivity index (χ1) is 6.03. The predicted octanol–water partition coefficient (Wildman–Crippen LogP) is 0.491. The van der Waals surface area contributed by atoms with Crippen LogP contribution in [0, 0.1) is 0 Å². The van der Waals surface area contributed by atoms with E-state index in [4.69, 9.17) is 10.8 Å². The van der Waals surface area contributed by atoms with Gasteiger partial charge in [0.2, 0.25) is 0 Å². The van der Waals surface area contributed by atoms with E-state index in [-0.39, 0.29) is 6.61 Å². The van der Waals surface area contributed by atoms with Gasteiger partial charge in [0, 0.05) is 24.4 Å². The molecule has 0 saturated carbocycles. The molecule has 1 atom stereocenters. The number of nitrogens with two attached hydrogens (primary N) is 1. The number of nitrogens with zero attached hydrogens (tertiary/aromatic N) is 2. The van der Waals surface area contributed by atoms with Crippen LogP contribution in [0.4, 0.5) is 0 Å². The van der Waals surface area contributed by atoms with Crippen LogP contribution in [0.2, 0.25) is 0 Å². The lowest BCUT2D eigenvalue weighted by atomic mass is 10.0. The van der Waals surface area contributed by atoms with Crippen molar-refractivity contribution < 1.29 is 5.11 Å². The van der Waals surface area contributed by atoms with Gasteiger partial charge in [-0.2, -0.15) is 0 Å². The Balaban J connectivity index is 2.69. The zero-order valence-electron chi connectivity index (χ0n) is 7.37. The molecule has 5 heteroatoms. The quantitative estimate of drug-likeness (QED) is 0.814. The number of aliphatic hydroxyl groups is 1. The van der Waals surface area contributed by atoms with E-state index < -0.39 is 5.54 Å². The number of aliphatic hydroxyl groups excluding tert-OH is 1. The average molecular weight is 246 g/mol. The molecule has 0 saturated heterocycles. The minimum atomic E-state index is -0.645. The molecule has 4 nitrogen and oxygen atoms in total. The van der Waals surface area contributed by atoms with E-state index in [0.717, 1.165) is 4.47 Å². The second-order valence-electron chi connectivity index (χ2n) is 3.31. The molecule has 0 aromatic carbocycles. The molecule has 3 N–H and O–H groups in total. The third-order valence-corrected chi connectivity index (χ3v) is 2.01. The Morgan fingerprint density at radius 2 is 2.08 bits per heavy atom. The summed E-state index contributed by atoms with van der Waals surface area (Å²) < 4.78 is 0.832. The van der Waals surface area contributed by atoms with Crippen LogP contribution < -0.4 is 5.73 Å². The van der Waals surface area contributed by atoms with Gasteiger partial charge < -0.3 is 10.8 Å². The van der Waals surface area contributed by atoms with Crippen LogP contribution in [0.5, 0.6) is 0 Å². The Morgan fingerprint density at radius 1 is 1.54 bits per heavy atom. The van der Waals surface area contributed by atoms with Gasteiger partial charge in [0.15, 0.2) is 0 Å². The highest BCUT2D eigenvalue weighted by atomic mass is 79.9. The van der Waals surface area contributed by atoms with Gasteiger partial charge in [-0.3, -0.25) is 0 Å². The van der Waals surface area contributed by atoms with E-state index in [1.807, 2.05) is 0 Å². The van der Waals surface area contributed by atoms with E-state index in [1.165, 1.54) is 0 Å². The maximum absolute atomic E-state index is 8.92. The lowest BCUT2D eigenvalue weighted by molar-refractivity contribution is 0.206. The van der Waals surface area contributed by atoms with E-state index in [0.29, 0.717) is 12.2 Å². The van der Waals surface area contributed by atoms with Crippen molar-refractivity contribution in [1.29, 1.82) is 0 Å². The molecule has 1 aromatic heterocycles. The Hall–Kier alpha value is -0.520. The Labute approximate surface area is 85.3 Å². The number of hydrogen-bond acceptors (Lipinski definition) is 4. The molecule has 0 bridgehead atoms. The fourth-order valence-electron chi connectivity index (χ4n) is 0.847. The monoisotopic (exact) mass is 245 g/mol. The summed E-state index contributed by atoms with van der Waals surface area (Å²) in [5.74, 6) is 0.641. The normalized spacial score (nSPS) is 15.4. The lowest BCUT2D eigenvalue weighted by Crippen LogP contribution is -2.42. The molecule has 0 amide bonds. The molecule has 72 valence electrons. The van der Waals surface area contributed by atoms with Crippen molar-refractivity contribution in [3.8, 4) is 0 Å². The summed E-state index contributed by atoms with van der Waals surface area (Å²) in [4.78, 5) is 8.12. The predicted molar refractivity (Wildman–Crippen MR) is 53.1 cm³/mol. The van der Waals surface area contributed by atoms with E-state index in [9.17, 15) is 0 Å². The molecule has 1 aromatic rings. The van der Waals surface area contributed by atoms with Gasteiger partial charge in [0.05, 0.1) is 11.1 Å². The smallest absolute Gasteiger partial charge is 0.130 e. The number of aromatic nitrogens is 2. The van der Waals surface area contributed by atoms with Gasteiger partial charge in [-0.1, -0.05) is 0 Å². The molecule has 1 unspecified atom stereocenters. The van der Waals surface area contributed by atoms with Gasteiger partial charge in [-0.05, 0) is 22.9 Å². The maximum Gasteiger partial charge on any atom is 0.130 e. The van der Waals surface area contributed by atoms with Crippen molar-refractivity contribution in [2.24, 2.45) is 5.73 Å². The van der Waals surface area contributed by atoms with Crippen molar-refractivity contribution in [3.63, 3.8) is 0 Å². The minimum absolute atomic E-state index is 0.0770. The summed E-state index contributed by atoms with van der Waals surface area (Å²) >= 11 is 3.24. The van der Waals surface area contributed by atoms with Gasteiger partial charge in [-0.15, -0.1) is 0 Å². The zero-order valence-corrected chi connectivity index (χ0v) is 8.95. The van der Waals surface area contributed by atoms with Crippen LogP contribution in [0.3, 0.4) is 0 Å². The third-order valence-electron chi connectivity index (χ3n) is 1.60. The summed E-state index contributed by atoms with van der Waals surface area (Å²) in [5.41, 5.74) is 5.10. The highest BCUT2D eigenvalue weighted by Crippen LogP contribution is 2.08. The van der Waals surface area contributed by atoms with Crippen LogP contribution in [-0.2, 0) is 6.42 Å². The molecular weight excluding hydrogens is 234 g/mol. The van der Waals surface area contributed by atoms with E-state index in [1.54, 1.807) is 19.3 Å². The summed E-state index contributed by atoms with van der Waals surface area (Å²) in [5, 5.41) is 8.92.